The molecule has 2 aromatic carbocycles. The van der Waals surface area contributed by atoms with Crippen LogP contribution in [0, 0.1) is 5.92 Å². The molecule has 3 aromatic rings. The van der Waals surface area contributed by atoms with Crippen molar-refractivity contribution in [2.75, 3.05) is 13.2 Å². The average molecular weight is 465 g/mol. The van der Waals surface area contributed by atoms with Gasteiger partial charge in [0.2, 0.25) is 0 Å². The molecule has 0 N–H and O–H groups in total. The first-order valence-electron chi connectivity index (χ1n) is 11.6. The van der Waals surface area contributed by atoms with Crippen LogP contribution in [0.2, 0.25) is 0 Å². The van der Waals surface area contributed by atoms with E-state index in [0.717, 1.165) is 11.4 Å². The molecule has 0 aliphatic rings. The summed E-state index contributed by atoms with van der Waals surface area (Å²) in [4.78, 5) is 29.5. The highest BCUT2D eigenvalue weighted by Crippen LogP contribution is 2.21. The summed E-state index contributed by atoms with van der Waals surface area (Å²) in [5, 5.41) is 0. The van der Waals surface area contributed by atoms with Crippen molar-refractivity contribution in [3.05, 3.63) is 76.8 Å². The topological polar surface area (TPSA) is 79.7 Å². The second-order valence-electron chi connectivity index (χ2n) is 8.12. The van der Waals surface area contributed by atoms with Gasteiger partial charge >= 0.3 is 5.97 Å². The van der Waals surface area contributed by atoms with Gasteiger partial charge in [0.15, 0.2) is 6.10 Å². The fourth-order valence-electron chi connectivity index (χ4n) is 3.52. The molecule has 0 spiro atoms. The molecule has 0 aliphatic carbocycles. The lowest BCUT2D eigenvalue weighted by molar-refractivity contribution is -0.153. The third-order valence-corrected chi connectivity index (χ3v) is 5.27. The summed E-state index contributed by atoms with van der Waals surface area (Å²) in [6.07, 6.45) is -0.0307. The van der Waals surface area contributed by atoms with E-state index in [2.05, 4.69) is 4.98 Å². The number of aromatic nitrogens is 2. The normalized spacial score (nSPS) is 11.8. The molecule has 0 fully saturated rings. The molecule has 0 saturated carbocycles. The zero-order valence-corrected chi connectivity index (χ0v) is 20.2. The number of benzene rings is 2. The fraction of sp³-hybridized carbons (Fsp3) is 0.370. The molecule has 7 heteroatoms. The van der Waals surface area contributed by atoms with Gasteiger partial charge in [-0.15, -0.1) is 0 Å². The second-order valence-corrected chi connectivity index (χ2v) is 8.12. The highest BCUT2D eigenvalue weighted by molar-refractivity contribution is 5.75. The molecule has 0 bridgehead atoms. The van der Waals surface area contributed by atoms with E-state index in [1.54, 1.807) is 41.8 Å². The lowest BCUT2D eigenvalue weighted by Crippen LogP contribution is -2.34. The van der Waals surface area contributed by atoms with E-state index >= 15 is 0 Å². The molecular weight excluding hydrogens is 432 g/mol. The largest absolute Gasteiger partial charge is 0.492 e. The Morgan fingerprint density at radius 2 is 1.68 bits per heavy atom. The van der Waals surface area contributed by atoms with Gasteiger partial charge in [-0.05, 0) is 31.2 Å². The van der Waals surface area contributed by atoms with Crippen LogP contribution in [0.5, 0.6) is 11.5 Å². The second kappa shape index (κ2) is 12.0. The van der Waals surface area contributed by atoms with Gasteiger partial charge in [-0.2, -0.15) is 0 Å². The molecule has 1 heterocycles. The number of hydrogen-bond donors (Lipinski definition) is 0. The highest BCUT2D eigenvalue weighted by atomic mass is 16.6. The summed E-state index contributed by atoms with van der Waals surface area (Å²) in [6.45, 7) is 8.59. The third-order valence-electron chi connectivity index (χ3n) is 5.27. The van der Waals surface area contributed by atoms with Gasteiger partial charge in [-0.25, -0.2) is 9.78 Å². The molecular formula is C27H32N2O5. The van der Waals surface area contributed by atoms with Crippen LogP contribution in [0.25, 0.3) is 11.3 Å². The van der Waals surface area contributed by atoms with Crippen LogP contribution >= 0.6 is 0 Å². The van der Waals surface area contributed by atoms with E-state index in [-0.39, 0.29) is 17.4 Å². The fourth-order valence-corrected chi connectivity index (χ4v) is 3.52. The van der Waals surface area contributed by atoms with Crippen molar-refractivity contribution in [1.29, 1.82) is 0 Å². The number of nitrogens with zero attached hydrogens (tertiary/aromatic N) is 2. The third kappa shape index (κ3) is 6.47. The number of hydrogen-bond acceptors (Lipinski definition) is 6. The van der Waals surface area contributed by atoms with E-state index in [0.29, 0.717) is 43.4 Å². The Labute approximate surface area is 200 Å². The minimum Gasteiger partial charge on any atom is -0.492 e. The number of rotatable bonds is 11. The molecule has 0 aliphatic heterocycles. The Balaban J connectivity index is 1.62. The molecule has 0 amide bonds. The van der Waals surface area contributed by atoms with Gasteiger partial charge in [0, 0.05) is 24.0 Å². The van der Waals surface area contributed by atoms with Gasteiger partial charge in [0.05, 0.1) is 18.8 Å². The van der Waals surface area contributed by atoms with Gasteiger partial charge in [-0.3, -0.25) is 9.36 Å². The summed E-state index contributed by atoms with van der Waals surface area (Å²) < 4.78 is 18.4. The van der Waals surface area contributed by atoms with Crippen molar-refractivity contribution in [2.24, 2.45) is 5.92 Å². The predicted octanol–water partition coefficient (Wildman–Crippen LogP) is 4.52. The van der Waals surface area contributed by atoms with Gasteiger partial charge in [0.1, 0.15) is 23.9 Å². The predicted molar refractivity (Wildman–Crippen MR) is 131 cm³/mol. The summed E-state index contributed by atoms with van der Waals surface area (Å²) in [5.41, 5.74) is 1.50. The van der Waals surface area contributed by atoms with E-state index in [9.17, 15) is 9.59 Å². The SMILES string of the molecule is CCOC(=O)[C@H](Oc1ccc(OCCn2c(CC)nc(-c3ccccc3)cc2=O)cc1)C(C)C. The van der Waals surface area contributed by atoms with Crippen molar-refractivity contribution < 1.29 is 19.0 Å². The first kappa shape index (κ1) is 25.0. The lowest BCUT2D eigenvalue weighted by atomic mass is 10.1. The van der Waals surface area contributed by atoms with Gasteiger partial charge < -0.3 is 14.2 Å². The number of carbonyl (C=O) groups excluding carboxylic acids is 1. The molecule has 0 unspecified atom stereocenters. The summed E-state index contributed by atoms with van der Waals surface area (Å²) >= 11 is 0. The Hall–Kier alpha value is -3.61. The Morgan fingerprint density at radius 1 is 1.00 bits per heavy atom. The van der Waals surface area contributed by atoms with Gasteiger partial charge in [-0.1, -0.05) is 51.1 Å². The van der Waals surface area contributed by atoms with Crippen LogP contribution in [0.15, 0.2) is 65.5 Å². The number of carbonyl (C=O) groups is 1. The maximum atomic E-state index is 12.8. The maximum absolute atomic E-state index is 12.8. The number of esters is 1. The number of ether oxygens (including phenoxy) is 3. The molecule has 0 radical (unpaired) electrons. The molecule has 34 heavy (non-hydrogen) atoms. The smallest absolute Gasteiger partial charge is 0.347 e. The Morgan fingerprint density at radius 3 is 2.29 bits per heavy atom. The van der Waals surface area contributed by atoms with E-state index < -0.39 is 6.10 Å². The summed E-state index contributed by atoms with van der Waals surface area (Å²) in [7, 11) is 0. The molecule has 7 nitrogen and oxygen atoms in total. The monoisotopic (exact) mass is 464 g/mol. The minimum absolute atomic E-state index is 0.0251. The van der Waals surface area contributed by atoms with Crippen LogP contribution in [-0.2, 0) is 22.5 Å². The molecule has 1 atom stereocenters. The standard InChI is InChI=1S/C27H32N2O5/c1-5-24-28-23(20-10-8-7-9-11-20)18-25(30)29(24)16-17-33-21-12-14-22(15-13-21)34-26(19(3)4)27(31)32-6-2/h7-15,18-19,26H,5-6,16-17H2,1-4H3/t26-/m1/s1. The van der Waals surface area contributed by atoms with Crippen molar-refractivity contribution in [3.63, 3.8) is 0 Å². The first-order valence-corrected chi connectivity index (χ1v) is 11.6. The summed E-state index contributed by atoms with van der Waals surface area (Å²) in [6, 6.07) is 18.3. The van der Waals surface area contributed by atoms with Crippen LogP contribution in [0.4, 0.5) is 0 Å². The number of aryl methyl sites for hydroxylation is 1. The Kier molecular flexibility index (Phi) is 8.85. The maximum Gasteiger partial charge on any atom is 0.347 e. The average Bonchev–Trinajstić information content (AvgIpc) is 2.84. The zero-order valence-electron chi connectivity index (χ0n) is 20.2. The van der Waals surface area contributed by atoms with Crippen molar-refractivity contribution in [1.82, 2.24) is 9.55 Å². The summed E-state index contributed by atoms with van der Waals surface area (Å²) in [5.74, 6) is 1.52. The Bertz CT molecular complexity index is 1120. The van der Waals surface area contributed by atoms with Crippen molar-refractivity contribution in [3.8, 4) is 22.8 Å². The van der Waals surface area contributed by atoms with E-state index in [4.69, 9.17) is 14.2 Å². The van der Waals surface area contributed by atoms with Crippen LogP contribution in [0.3, 0.4) is 0 Å². The highest BCUT2D eigenvalue weighted by Gasteiger charge is 2.25. The zero-order chi connectivity index (χ0) is 24.5. The van der Waals surface area contributed by atoms with E-state index in [1.165, 1.54) is 0 Å². The van der Waals surface area contributed by atoms with Crippen LogP contribution in [-0.4, -0.2) is 34.8 Å². The molecule has 180 valence electrons. The molecule has 0 saturated heterocycles. The van der Waals surface area contributed by atoms with Crippen LogP contribution in [0.1, 0.15) is 33.5 Å². The lowest BCUT2D eigenvalue weighted by Gasteiger charge is -2.20. The van der Waals surface area contributed by atoms with Gasteiger partial charge in [0.25, 0.3) is 5.56 Å². The van der Waals surface area contributed by atoms with Crippen molar-refractivity contribution >= 4 is 5.97 Å². The molecule has 1 aromatic heterocycles. The van der Waals surface area contributed by atoms with E-state index in [1.807, 2.05) is 51.1 Å². The quantitative estimate of drug-likeness (QED) is 0.388. The minimum atomic E-state index is -0.669. The first-order chi connectivity index (χ1) is 16.4. The van der Waals surface area contributed by atoms with Crippen molar-refractivity contribution in [2.45, 2.75) is 46.8 Å². The van der Waals surface area contributed by atoms with Crippen LogP contribution < -0.4 is 15.0 Å². The molecule has 3 rings (SSSR count).